The normalized spacial score (nSPS) is 10.8. The van der Waals surface area contributed by atoms with Crippen molar-refractivity contribution in [2.24, 2.45) is 0 Å². The van der Waals surface area contributed by atoms with Crippen LogP contribution in [-0.4, -0.2) is 19.6 Å². The van der Waals surface area contributed by atoms with Crippen LogP contribution in [0.1, 0.15) is 5.69 Å². The lowest BCUT2D eigenvalue weighted by Crippen LogP contribution is -1.87. The van der Waals surface area contributed by atoms with Gasteiger partial charge in [-0.15, -0.1) is 0 Å². The van der Waals surface area contributed by atoms with Crippen molar-refractivity contribution in [2.75, 3.05) is 0 Å². The molecule has 0 aliphatic carbocycles. The highest BCUT2D eigenvalue weighted by atomic mass is 15.2. The summed E-state index contributed by atoms with van der Waals surface area (Å²) in [5.41, 5.74) is 3.93. The number of hydrogen-bond donors (Lipinski definition) is 0. The van der Waals surface area contributed by atoms with Crippen LogP contribution >= 0.6 is 0 Å². The van der Waals surface area contributed by atoms with Gasteiger partial charge < -0.3 is 0 Å². The second-order valence-corrected chi connectivity index (χ2v) is 3.59. The molecule has 0 amide bonds. The van der Waals surface area contributed by atoms with E-state index in [0.717, 1.165) is 22.5 Å². The highest BCUT2D eigenvalue weighted by Gasteiger charge is 2.11. The molecule has 3 aromatic rings. The standard InChI is InChI=1S/C12H10N4/c1-9-11(10-4-2-5-13-8-10)12-14-6-3-7-16(12)15-9/h2-8H,1H3. The van der Waals surface area contributed by atoms with Crippen LogP contribution in [0.5, 0.6) is 0 Å². The molecule has 0 aromatic carbocycles. The largest absolute Gasteiger partial charge is 0.264 e. The fourth-order valence-electron chi connectivity index (χ4n) is 1.85. The third-order valence-electron chi connectivity index (χ3n) is 2.52. The Morgan fingerprint density at radius 3 is 2.94 bits per heavy atom. The maximum Gasteiger partial charge on any atom is 0.163 e. The van der Waals surface area contributed by atoms with Gasteiger partial charge in [-0.3, -0.25) is 4.98 Å². The number of nitrogens with zero attached hydrogens (tertiary/aromatic N) is 4. The number of hydrogen-bond acceptors (Lipinski definition) is 3. The van der Waals surface area contributed by atoms with Gasteiger partial charge in [0.05, 0.1) is 11.3 Å². The molecule has 0 N–H and O–H groups in total. The highest BCUT2D eigenvalue weighted by molar-refractivity contribution is 5.78. The van der Waals surface area contributed by atoms with Crippen LogP contribution in [0.4, 0.5) is 0 Å². The molecule has 4 heteroatoms. The van der Waals surface area contributed by atoms with Crippen molar-refractivity contribution >= 4 is 5.65 Å². The van der Waals surface area contributed by atoms with Gasteiger partial charge in [0.1, 0.15) is 0 Å². The predicted molar refractivity (Wildman–Crippen MR) is 61.0 cm³/mol. The summed E-state index contributed by atoms with van der Waals surface area (Å²) in [5.74, 6) is 0. The van der Waals surface area contributed by atoms with Gasteiger partial charge >= 0.3 is 0 Å². The second kappa shape index (κ2) is 3.41. The van der Waals surface area contributed by atoms with Crippen LogP contribution in [0.25, 0.3) is 16.8 Å². The number of pyridine rings is 1. The summed E-state index contributed by atoms with van der Waals surface area (Å²) in [5, 5.41) is 4.42. The average molecular weight is 210 g/mol. The van der Waals surface area contributed by atoms with Gasteiger partial charge in [-0.25, -0.2) is 9.50 Å². The van der Waals surface area contributed by atoms with Gasteiger partial charge in [0.2, 0.25) is 0 Å². The number of rotatable bonds is 1. The lowest BCUT2D eigenvalue weighted by molar-refractivity contribution is 0.917. The molecular weight excluding hydrogens is 200 g/mol. The fraction of sp³-hybridized carbons (Fsp3) is 0.0833. The van der Waals surface area contributed by atoms with Gasteiger partial charge in [-0.05, 0) is 19.1 Å². The third kappa shape index (κ3) is 1.27. The van der Waals surface area contributed by atoms with E-state index >= 15 is 0 Å². The Morgan fingerprint density at radius 1 is 1.19 bits per heavy atom. The maximum atomic E-state index is 4.42. The maximum absolute atomic E-state index is 4.42. The Labute approximate surface area is 92.6 Å². The molecule has 0 aliphatic rings. The fourth-order valence-corrected chi connectivity index (χ4v) is 1.85. The Balaban J connectivity index is 2.35. The van der Waals surface area contributed by atoms with Crippen molar-refractivity contribution < 1.29 is 0 Å². The molecule has 0 saturated carbocycles. The molecule has 0 saturated heterocycles. The van der Waals surface area contributed by atoms with E-state index in [1.807, 2.05) is 37.5 Å². The van der Waals surface area contributed by atoms with Crippen molar-refractivity contribution in [1.82, 2.24) is 19.6 Å². The molecule has 0 fully saturated rings. The summed E-state index contributed by atoms with van der Waals surface area (Å²) in [7, 11) is 0. The quantitative estimate of drug-likeness (QED) is 0.617. The van der Waals surface area contributed by atoms with E-state index in [1.165, 1.54) is 0 Å². The van der Waals surface area contributed by atoms with Crippen molar-refractivity contribution in [3.8, 4) is 11.1 Å². The molecule has 3 heterocycles. The number of aromatic nitrogens is 4. The molecular formula is C12H10N4. The molecule has 0 unspecified atom stereocenters. The zero-order valence-corrected chi connectivity index (χ0v) is 8.83. The molecule has 3 rings (SSSR count). The minimum atomic E-state index is 0.869. The molecule has 0 spiro atoms. The Kier molecular flexibility index (Phi) is 1.93. The Hall–Kier alpha value is -2.23. The monoisotopic (exact) mass is 210 g/mol. The average Bonchev–Trinajstić information content (AvgIpc) is 2.66. The smallest absolute Gasteiger partial charge is 0.163 e. The summed E-state index contributed by atoms with van der Waals surface area (Å²) >= 11 is 0. The van der Waals surface area contributed by atoms with Crippen LogP contribution < -0.4 is 0 Å². The van der Waals surface area contributed by atoms with E-state index in [1.54, 1.807) is 16.9 Å². The van der Waals surface area contributed by atoms with E-state index in [0.29, 0.717) is 0 Å². The Bertz CT molecular complexity index is 628. The van der Waals surface area contributed by atoms with E-state index in [2.05, 4.69) is 15.1 Å². The lowest BCUT2D eigenvalue weighted by atomic mass is 10.1. The SMILES string of the molecule is Cc1nn2cccnc2c1-c1cccnc1. The number of aryl methyl sites for hydroxylation is 1. The van der Waals surface area contributed by atoms with Gasteiger partial charge in [-0.1, -0.05) is 6.07 Å². The van der Waals surface area contributed by atoms with E-state index in [-0.39, 0.29) is 0 Å². The van der Waals surface area contributed by atoms with Gasteiger partial charge in [0.25, 0.3) is 0 Å². The summed E-state index contributed by atoms with van der Waals surface area (Å²) in [4.78, 5) is 8.47. The molecule has 4 nitrogen and oxygen atoms in total. The van der Waals surface area contributed by atoms with Crippen molar-refractivity contribution in [3.63, 3.8) is 0 Å². The summed E-state index contributed by atoms with van der Waals surface area (Å²) in [6.45, 7) is 1.98. The zero-order valence-electron chi connectivity index (χ0n) is 8.83. The third-order valence-corrected chi connectivity index (χ3v) is 2.52. The topological polar surface area (TPSA) is 43.1 Å². The highest BCUT2D eigenvalue weighted by Crippen LogP contribution is 2.25. The van der Waals surface area contributed by atoms with Crippen molar-refractivity contribution in [2.45, 2.75) is 6.92 Å². The minimum absolute atomic E-state index is 0.869. The second-order valence-electron chi connectivity index (χ2n) is 3.59. The van der Waals surface area contributed by atoms with Crippen LogP contribution in [0.3, 0.4) is 0 Å². The lowest BCUT2D eigenvalue weighted by Gasteiger charge is -1.98. The van der Waals surface area contributed by atoms with Crippen LogP contribution in [-0.2, 0) is 0 Å². The van der Waals surface area contributed by atoms with E-state index < -0.39 is 0 Å². The molecule has 0 bridgehead atoms. The first-order chi connectivity index (χ1) is 7.86. The van der Waals surface area contributed by atoms with Crippen molar-refractivity contribution in [1.29, 1.82) is 0 Å². The van der Waals surface area contributed by atoms with Crippen LogP contribution in [0.15, 0.2) is 43.0 Å². The molecule has 0 aliphatic heterocycles. The minimum Gasteiger partial charge on any atom is -0.264 e. The Morgan fingerprint density at radius 2 is 2.12 bits per heavy atom. The molecule has 78 valence electrons. The first kappa shape index (κ1) is 9.03. The van der Waals surface area contributed by atoms with Crippen LogP contribution in [0.2, 0.25) is 0 Å². The first-order valence-corrected chi connectivity index (χ1v) is 5.06. The summed E-state index contributed by atoms with van der Waals surface area (Å²) in [6, 6.07) is 5.80. The molecule has 3 aromatic heterocycles. The zero-order chi connectivity index (χ0) is 11.0. The van der Waals surface area contributed by atoms with Gasteiger partial charge in [0, 0.05) is 30.4 Å². The van der Waals surface area contributed by atoms with E-state index in [4.69, 9.17) is 0 Å². The van der Waals surface area contributed by atoms with Gasteiger partial charge in [0.15, 0.2) is 5.65 Å². The predicted octanol–water partition coefficient (Wildman–Crippen LogP) is 2.10. The molecule has 16 heavy (non-hydrogen) atoms. The van der Waals surface area contributed by atoms with Crippen molar-refractivity contribution in [3.05, 3.63) is 48.7 Å². The molecule has 0 atom stereocenters. The van der Waals surface area contributed by atoms with Gasteiger partial charge in [-0.2, -0.15) is 5.10 Å². The summed E-state index contributed by atoms with van der Waals surface area (Å²) < 4.78 is 1.79. The van der Waals surface area contributed by atoms with Crippen LogP contribution in [0, 0.1) is 6.92 Å². The summed E-state index contributed by atoms with van der Waals surface area (Å²) in [6.07, 6.45) is 7.27. The van der Waals surface area contributed by atoms with E-state index in [9.17, 15) is 0 Å². The number of fused-ring (bicyclic) bond motifs is 1. The first-order valence-electron chi connectivity index (χ1n) is 5.06. The molecule has 0 radical (unpaired) electrons.